The molecule has 0 bridgehead atoms. The van der Waals surface area contributed by atoms with Crippen LogP contribution in [0.2, 0.25) is 10.0 Å². The summed E-state index contributed by atoms with van der Waals surface area (Å²) < 4.78 is 0. The SMILES string of the molecule is CC(C)(O)c1cccc(Nc2ncnc3nc(-c4c(Cl)cccc4Cl)[nH]c23)n1. The fourth-order valence-electron chi connectivity index (χ4n) is 2.73. The van der Waals surface area contributed by atoms with Crippen LogP contribution in [-0.2, 0) is 5.60 Å². The summed E-state index contributed by atoms with van der Waals surface area (Å²) >= 11 is 12.6. The molecule has 0 radical (unpaired) electrons. The maximum Gasteiger partial charge on any atom is 0.183 e. The highest BCUT2D eigenvalue weighted by molar-refractivity contribution is 6.39. The molecule has 0 saturated heterocycles. The van der Waals surface area contributed by atoms with Crippen molar-refractivity contribution in [3.05, 3.63) is 58.5 Å². The highest BCUT2D eigenvalue weighted by atomic mass is 35.5. The molecule has 0 saturated carbocycles. The van der Waals surface area contributed by atoms with Gasteiger partial charge in [0.1, 0.15) is 29.1 Å². The Labute approximate surface area is 170 Å². The Morgan fingerprint density at radius 1 is 1.00 bits per heavy atom. The molecule has 1 aromatic carbocycles. The van der Waals surface area contributed by atoms with E-state index in [0.29, 0.717) is 49.9 Å². The summed E-state index contributed by atoms with van der Waals surface area (Å²) in [5.74, 6) is 1.52. The third kappa shape index (κ3) is 3.52. The molecule has 4 aromatic rings. The van der Waals surface area contributed by atoms with Crippen molar-refractivity contribution < 1.29 is 5.11 Å². The number of aromatic nitrogens is 5. The third-order valence-corrected chi connectivity index (χ3v) is 4.74. The zero-order chi connectivity index (χ0) is 19.9. The number of nitrogens with zero attached hydrogens (tertiary/aromatic N) is 4. The van der Waals surface area contributed by atoms with E-state index in [1.54, 1.807) is 44.2 Å². The van der Waals surface area contributed by atoms with Gasteiger partial charge in [-0.1, -0.05) is 35.3 Å². The normalized spacial score (nSPS) is 11.8. The predicted octanol–water partition coefficient (Wildman–Crippen LogP) is 4.69. The van der Waals surface area contributed by atoms with Gasteiger partial charge < -0.3 is 15.4 Å². The molecular formula is C19H16Cl2N6O. The van der Waals surface area contributed by atoms with Crippen molar-refractivity contribution in [1.82, 2.24) is 24.9 Å². The van der Waals surface area contributed by atoms with Crippen molar-refractivity contribution in [1.29, 1.82) is 0 Å². The number of nitrogens with one attached hydrogen (secondary N) is 2. The molecule has 0 aliphatic heterocycles. The molecule has 0 spiro atoms. The van der Waals surface area contributed by atoms with Gasteiger partial charge in [0.25, 0.3) is 0 Å². The van der Waals surface area contributed by atoms with E-state index in [-0.39, 0.29) is 0 Å². The van der Waals surface area contributed by atoms with Gasteiger partial charge in [-0.3, -0.25) is 0 Å². The van der Waals surface area contributed by atoms with Gasteiger partial charge in [0.15, 0.2) is 11.5 Å². The second-order valence-electron chi connectivity index (χ2n) is 6.70. The number of hydrogen-bond donors (Lipinski definition) is 3. The lowest BCUT2D eigenvalue weighted by Gasteiger charge is -2.17. The number of imidazole rings is 1. The summed E-state index contributed by atoms with van der Waals surface area (Å²) in [5.41, 5.74) is 1.12. The van der Waals surface area contributed by atoms with E-state index in [9.17, 15) is 5.11 Å². The molecule has 0 aliphatic rings. The van der Waals surface area contributed by atoms with Crippen LogP contribution < -0.4 is 5.32 Å². The van der Waals surface area contributed by atoms with Crippen molar-refractivity contribution in [2.24, 2.45) is 0 Å². The first-order chi connectivity index (χ1) is 13.3. The van der Waals surface area contributed by atoms with Gasteiger partial charge in [0.2, 0.25) is 0 Å². The topological polar surface area (TPSA) is 99.6 Å². The van der Waals surface area contributed by atoms with Crippen LogP contribution in [-0.4, -0.2) is 30.0 Å². The number of pyridine rings is 1. The number of aromatic amines is 1. The Balaban J connectivity index is 1.77. The van der Waals surface area contributed by atoms with Crippen LogP contribution in [0.25, 0.3) is 22.6 Å². The van der Waals surface area contributed by atoms with Crippen LogP contribution in [0.4, 0.5) is 11.6 Å². The van der Waals surface area contributed by atoms with Crippen LogP contribution in [0.3, 0.4) is 0 Å². The lowest BCUT2D eigenvalue weighted by atomic mass is 10.1. The fraction of sp³-hybridized carbons (Fsp3) is 0.158. The van der Waals surface area contributed by atoms with Gasteiger partial charge in [0, 0.05) is 0 Å². The number of benzene rings is 1. The lowest BCUT2D eigenvalue weighted by molar-refractivity contribution is 0.0740. The molecule has 28 heavy (non-hydrogen) atoms. The maximum atomic E-state index is 10.2. The number of aliphatic hydroxyl groups is 1. The van der Waals surface area contributed by atoms with Crippen LogP contribution in [0, 0.1) is 0 Å². The standard InChI is InChI=1S/C19H16Cl2N6O/c1-19(2,28)12-7-4-8-13(24-12)25-17-15-18(23-9-22-17)27-16(26-15)14-10(20)5-3-6-11(14)21/h3-9,28H,1-2H3,(H2,22,23,24,25,26,27). The smallest absolute Gasteiger partial charge is 0.183 e. The fourth-order valence-corrected chi connectivity index (χ4v) is 3.31. The minimum Gasteiger partial charge on any atom is -0.384 e. The Kier molecular flexibility index (Phi) is 4.66. The molecule has 0 aliphatic carbocycles. The van der Waals surface area contributed by atoms with Crippen LogP contribution in [0.1, 0.15) is 19.5 Å². The van der Waals surface area contributed by atoms with Gasteiger partial charge in [0.05, 0.1) is 21.3 Å². The van der Waals surface area contributed by atoms with Crippen LogP contribution in [0.15, 0.2) is 42.7 Å². The molecule has 0 fully saturated rings. The minimum absolute atomic E-state index is 0.460. The average Bonchev–Trinajstić information content (AvgIpc) is 3.06. The Morgan fingerprint density at radius 3 is 2.43 bits per heavy atom. The van der Waals surface area contributed by atoms with Gasteiger partial charge in [-0.25, -0.2) is 19.9 Å². The molecule has 3 N–H and O–H groups in total. The lowest BCUT2D eigenvalue weighted by Crippen LogP contribution is -2.17. The van der Waals surface area contributed by atoms with E-state index in [1.807, 2.05) is 6.07 Å². The van der Waals surface area contributed by atoms with Crippen molar-refractivity contribution in [3.8, 4) is 11.4 Å². The summed E-state index contributed by atoms with van der Waals surface area (Å²) in [6.07, 6.45) is 1.41. The van der Waals surface area contributed by atoms with E-state index in [2.05, 4.69) is 30.2 Å². The number of hydrogen-bond acceptors (Lipinski definition) is 6. The van der Waals surface area contributed by atoms with Crippen LogP contribution in [0.5, 0.6) is 0 Å². The van der Waals surface area contributed by atoms with E-state index in [0.717, 1.165) is 0 Å². The van der Waals surface area contributed by atoms with E-state index >= 15 is 0 Å². The molecule has 3 heterocycles. The van der Waals surface area contributed by atoms with Gasteiger partial charge >= 0.3 is 0 Å². The zero-order valence-corrected chi connectivity index (χ0v) is 16.5. The number of anilines is 2. The first-order valence-electron chi connectivity index (χ1n) is 8.45. The quantitative estimate of drug-likeness (QED) is 0.447. The van der Waals surface area contributed by atoms with Gasteiger partial charge in [-0.05, 0) is 38.1 Å². The highest BCUT2D eigenvalue weighted by Crippen LogP contribution is 2.34. The van der Waals surface area contributed by atoms with Gasteiger partial charge in [-0.2, -0.15) is 0 Å². The summed E-state index contributed by atoms with van der Waals surface area (Å²) in [7, 11) is 0. The number of rotatable bonds is 4. The largest absolute Gasteiger partial charge is 0.384 e. The first kappa shape index (κ1) is 18.6. The Bertz CT molecular complexity index is 1150. The monoisotopic (exact) mass is 414 g/mol. The minimum atomic E-state index is -1.05. The zero-order valence-electron chi connectivity index (χ0n) is 15.0. The Morgan fingerprint density at radius 2 is 1.71 bits per heavy atom. The van der Waals surface area contributed by atoms with Crippen molar-refractivity contribution >= 4 is 46.0 Å². The van der Waals surface area contributed by atoms with Crippen molar-refractivity contribution in [2.45, 2.75) is 19.4 Å². The first-order valence-corrected chi connectivity index (χ1v) is 9.20. The summed E-state index contributed by atoms with van der Waals surface area (Å²) in [4.78, 5) is 20.6. The molecule has 7 nitrogen and oxygen atoms in total. The summed E-state index contributed by atoms with van der Waals surface area (Å²) in [6, 6.07) is 10.6. The molecule has 142 valence electrons. The molecule has 0 atom stereocenters. The molecule has 0 amide bonds. The van der Waals surface area contributed by atoms with Gasteiger partial charge in [-0.15, -0.1) is 0 Å². The van der Waals surface area contributed by atoms with Crippen molar-refractivity contribution in [3.63, 3.8) is 0 Å². The number of H-pyrrole nitrogens is 1. The number of fused-ring (bicyclic) bond motifs is 1. The van der Waals surface area contributed by atoms with Crippen molar-refractivity contribution in [2.75, 3.05) is 5.32 Å². The average molecular weight is 415 g/mol. The van der Waals surface area contributed by atoms with Crippen LogP contribution >= 0.6 is 23.2 Å². The van der Waals surface area contributed by atoms with E-state index in [4.69, 9.17) is 23.2 Å². The second kappa shape index (κ2) is 7.01. The maximum absolute atomic E-state index is 10.2. The highest BCUT2D eigenvalue weighted by Gasteiger charge is 2.19. The predicted molar refractivity (Wildman–Crippen MR) is 110 cm³/mol. The molecular weight excluding hydrogens is 399 g/mol. The van der Waals surface area contributed by atoms with E-state index in [1.165, 1.54) is 6.33 Å². The van der Waals surface area contributed by atoms with E-state index < -0.39 is 5.60 Å². The molecule has 3 aromatic heterocycles. The number of halogens is 2. The summed E-state index contributed by atoms with van der Waals surface area (Å²) in [5, 5.41) is 14.3. The molecule has 9 heteroatoms. The molecule has 4 rings (SSSR count). The second-order valence-corrected chi connectivity index (χ2v) is 7.51. The third-order valence-electron chi connectivity index (χ3n) is 4.11. The Hall–Kier alpha value is -2.74. The summed E-state index contributed by atoms with van der Waals surface area (Å²) in [6.45, 7) is 3.35. The molecule has 0 unspecified atom stereocenters.